The lowest BCUT2D eigenvalue weighted by Gasteiger charge is -2.02. The summed E-state index contributed by atoms with van der Waals surface area (Å²) in [5, 5.41) is 0. The van der Waals surface area contributed by atoms with Crippen LogP contribution in [0.1, 0.15) is 29.3 Å². The van der Waals surface area contributed by atoms with Gasteiger partial charge in [0, 0.05) is 17.7 Å². The Morgan fingerprint density at radius 3 is 2.86 bits per heavy atom. The highest BCUT2D eigenvalue weighted by atomic mass is 32.2. The van der Waals surface area contributed by atoms with Crippen molar-refractivity contribution in [3.05, 3.63) is 35.4 Å². The van der Waals surface area contributed by atoms with E-state index in [1.54, 1.807) is 11.8 Å². The van der Waals surface area contributed by atoms with Crippen molar-refractivity contribution >= 4 is 17.5 Å². The minimum Gasteiger partial charge on any atom is -0.294 e. The molecule has 0 saturated heterocycles. The van der Waals surface area contributed by atoms with Crippen molar-refractivity contribution in [2.24, 2.45) is 0 Å². The zero-order valence-electron chi connectivity index (χ0n) is 8.75. The summed E-state index contributed by atoms with van der Waals surface area (Å²) in [6, 6.07) is 7.93. The number of hydrogen-bond donors (Lipinski definition) is 0. The first-order valence-electron chi connectivity index (χ1n) is 4.89. The summed E-state index contributed by atoms with van der Waals surface area (Å²) in [5.74, 6) is 1.17. The Hall–Kier alpha value is -0.760. The molecule has 1 nitrogen and oxygen atoms in total. The number of benzene rings is 1. The van der Waals surface area contributed by atoms with Gasteiger partial charge in [0.2, 0.25) is 0 Å². The Bertz CT molecular complexity index is 307. The number of aryl methyl sites for hydroxylation is 1. The highest BCUT2D eigenvalue weighted by Gasteiger charge is 2.04. The number of carbonyl (C=O) groups excluding carboxylic acids is 1. The maximum atomic E-state index is 11.7. The van der Waals surface area contributed by atoms with Crippen molar-refractivity contribution in [1.82, 2.24) is 0 Å². The van der Waals surface area contributed by atoms with Gasteiger partial charge >= 0.3 is 0 Å². The van der Waals surface area contributed by atoms with E-state index in [1.165, 1.54) is 5.56 Å². The zero-order chi connectivity index (χ0) is 10.4. The van der Waals surface area contributed by atoms with Crippen LogP contribution in [0.2, 0.25) is 0 Å². The third kappa shape index (κ3) is 3.18. The first-order chi connectivity index (χ1) is 6.77. The van der Waals surface area contributed by atoms with Crippen LogP contribution in [-0.4, -0.2) is 17.8 Å². The molecule has 0 aliphatic carbocycles. The first-order valence-corrected chi connectivity index (χ1v) is 6.28. The molecule has 0 N–H and O–H groups in total. The third-order valence-corrected chi connectivity index (χ3v) is 2.80. The molecular formula is C12H16OS. The molecule has 0 aliphatic rings. The molecular weight excluding hydrogens is 192 g/mol. The summed E-state index contributed by atoms with van der Waals surface area (Å²) in [4.78, 5) is 11.7. The molecule has 0 unspecified atom stereocenters. The quantitative estimate of drug-likeness (QED) is 0.691. The van der Waals surface area contributed by atoms with Crippen molar-refractivity contribution in [3.63, 3.8) is 0 Å². The molecule has 1 aromatic rings. The number of thioether (sulfide) groups is 1. The van der Waals surface area contributed by atoms with E-state index in [-0.39, 0.29) is 5.78 Å². The monoisotopic (exact) mass is 208 g/mol. The van der Waals surface area contributed by atoms with Crippen LogP contribution in [-0.2, 0) is 6.42 Å². The molecule has 0 spiro atoms. The van der Waals surface area contributed by atoms with Gasteiger partial charge in [-0.2, -0.15) is 11.8 Å². The predicted molar refractivity (Wildman–Crippen MR) is 63.1 cm³/mol. The van der Waals surface area contributed by atoms with Crippen LogP contribution in [0.4, 0.5) is 0 Å². The molecule has 1 aromatic carbocycles. The Labute approximate surface area is 89.9 Å². The molecule has 0 heterocycles. The van der Waals surface area contributed by atoms with E-state index in [2.05, 4.69) is 13.0 Å². The Morgan fingerprint density at radius 2 is 2.21 bits per heavy atom. The van der Waals surface area contributed by atoms with Crippen LogP contribution in [0.3, 0.4) is 0 Å². The van der Waals surface area contributed by atoms with E-state index in [0.717, 1.165) is 17.7 Å². The molecule has 0 saturated carbocycles. The second-order valence-corrected chi connectivity index (χ2v) is 4.21. The fraction of sp³-hybridized carbons (Fsp3) is 0.417. The molecule has 0 fully saturated rings. The molecule has 14 heavy (non-hydrogen) atoms. The highest BCUT2D eigenvalue weighted by Crippen LogP contribution is 2.09. The molecule has 0 radical (unpaired) electrons. The van der Waals surface area contributed by atoms with Gasteiger partial charge in [0.15, 0.2) is 5.78 Å². The van der Waals surface area contributed by atoms with Crippen LogP contribution in [0.5, 0.6) is 0 Å². The maximum Gasteiger partial charge on any atom is 0.163 e. The Morgan fingerprint density at radius 1 is 1.43 bits per heavy atom. The smallest absolute Gasteiger partial charge is 0.163 e. The number of hydrogen-bond acceptors (Lipinski definition) is 2. The SMILES string of the molecule is CCc1cccc(C(=O)CCSC)c1. The summed E-state index contributed by atoms with van der Waals surface area (Å²) in [7, 11) is 0. The lowest BCUT2D eigenvalue weighted by Crippen LogP contribution is -2.00. The van der Waals surface area contributed by atoms with Gasteiger partial charge in [0.1, 0.15) is 0 Å². The first kappa shape index (κ1) is 11.3. The van der Waals surface area contributed by atoms with Gasteiger partial charge in [-0.1, -0.05) is 25.1 Å². The molecule has 0 atom stereocenters. The fourth-order valence-electron chi connectivity index (χ4n) is 1.30. The largest absolute Gasteiger partial charge is 0.294 e. The van der Waals surface area contributed by atoms with Gasteiger partial charge < -0.3 is 0 Å². The Balaban J connectivity index is 2.69. The van der Waals surface area contributed by atoms with Crippen molar-refractivity contribution in [2.75, 3.05) is 12.0 Å². The normalized spacial score (nSPS) is 10.1. The Kier molecular flexibility index (Phi) is 4.74. The van der Waals surface area contributed by atoms with E-state index < -0.39 is 0 Å². The number of carbonyl (C=O) groups is 1. The highest BCUT2D eigenvalue weighted by molar-refractivity contribution is 7.98. The minimum absolute atomic E-state index is 0.259. The average molecular weight is 208 g/mol. The molecule has 0 bridgehead atoms. The average Bonchev–Trinajstić information content (AvgIpc) is 2.26. The van der Waals surface area contributed by atoms with Gasteiger partial charge in [-0.05, 0) is 24.3 Å². The number of ketones is 1. The van der Waals surface area contributed by atoms with Crippen LogP contribution >= 0.6 is 11.8 Å². The zero-order valence-corrected chi connectivity index (χ0v) is 9.56. The molecule has 1 rings (SSSR count). The summed E-state index contributed by atoms with van der Waals surface area (Å²) in [6.45, 7) is 2.10. The molecule has 2 heteroatoms. The summed E-state index contributed by atoms with van der Waals surface area (Å²) in [5.41, 5.74) is 2.10. The lowest BCUT2D eigenvalue weighted by molar-refractivity contribution is 0.0989. The van der Waals surface area contributed by atoms with Gasteiger partial charge in [0.25, 0.3) is 0 Å². The van der Waals surface area contributed by atoms with Gasteiger partial charge in [-0.25, -0.2) is 0 Å². The predicted octanol–water partition coefficient (Wildman–Crippen LogP) is 3.18. The van der Waals surface area contributed by atoms with E-state index in [0.29, 0.717) is 6.42 Å². The van der Waals surface area contributed by atoms with Crippen LogP contribution < -0.4 is 0 Å². The summed E-state index contributed by atoms with van der Waals surface area (Å²) < 4.78 is 0. The van der Waals surface area contributed by atoms with Crippen molar-refractivity contribution in [3.8, 4) is 0 Å². The second kappa shape index (κ2) is 5.86. The number of Topliss-reactive ketones (excluding diaryl/α,β-unsaturated/α-hetero) is 1. The fourth-order valence-corrected chi connectivity index (χ4v) is 1.69. The topological polar surface area (TPSA) is 17.1 Å². The van der Waals surface area contributed by atoms with E-state index in [1.807, 2.05) is 24.5 Å². The standard InChI is InChI=1S/C12H16OS/c1-3-10-5-4-6-11(9-10)12(13)7-8-14-2/h4-6,9H,3,7-8H2,1-2H3. The van der Waals surface area contributed by atoms with E-state index in [9.17, 15) is 4.79 Å². The van der Waals surface area contributed by atoms with Gasteiger partial charge in [-0.3, -0.25) is 4.79 Å². The molecule has 0 aliphatic heterocycles. The van der Waals surface area contributed by atoms with Crippen molar-refractivity contribution in [2.45, 2.75) is 19.8 Å². The number of rotatable bonds is 5. The maximum absolute atomic E-state index is 11.7. The molecule has 76 valence electrons. The lowest BCUT2D eigenvalue weighted by atomic mass is 10.0. The van der Waals surface area contributed by atoms with E-state index >= 15 is 0 Å². The van der Waals surface area contributed by atoms with Crippen LogP contribution in [0.25, 0.3) is 0 Å². The third-order valence-electron chi connectivity index (χ3n) is 2.19. The van der Waals surface area contributed by atoms with Crippen molar-refractivity contribution in [1.29, 1.82) is 0 Å². The van der Waals surface area contributed by atoms with Gasteiger partial charge in [-0.15, -0.1) is 0 Å². The summed E-state index contributed by atoms with van der Waals surface area (Å²) >= 11 is 1.71. The van der Waals surface area contributed by atoms with Crippen molar-refractivity contribution < 1.29 is 4.79 Å². The van der Waals surface area contributed by atoms with E-state index in [4.69, 9.17) is 0 Å². The minimum atomic E-state index is 0.259. The molecule has 0 aromatic heterocycles. The molecule has 0 amide bonds. The van der Waals surface area contributed by atoms with Crippen LogP contribution in [0.15, 0.2) is 24.3 Å². The summed E-state index contributed by atoms with van der Waals surface area (Å²) in [6.07, 6.45) is 3.66. The second-order valence-electron chi connectivity index (χ2n) is 3.22. The van der Waals surface area contributed by atoms with Gasteiger partial charge in [0.05, 0.1) is 0 Å². The van der Waals surface area contributed by atoms with Crippen LogP contribution in [0, 0.1) is 0 Å².